The van der Waals surface area contributed by atoms with E-state index < -0.39 is 11.5 Å². The molecule has 0 heterocycles. The third-order valence-electron chi connectivity index (χ3n) is 3.46. The highest BCUT2D eigenvalue weighted by Crippen LogP contribution is 2.39. The SMILES string of the molecule is [NH3+][C@@](C(=O)[O-])(c1ccccc1)C1CCC1. The van der Waals surface area contributed by atoms with Crippen LogP contribution in [0.4, 0.5) is 0 Å². The van der Waals surface area contributed by atoms with E-state index in [1.54, 1.807) is 0 Å². The van der Waals surface area contributed by atoms with Crippen LogP contribution < -0.4 is 10.8 Å². The van der Waals surface area contributed by atoms with Gasteiger partial charge in [-0.3, -0.25) is 0 Å². The van der Waals surface area contributed by atoms with Crippen LogP contribution in [-0.4, -0.2) is 5.97 Å². The van der Waals surface area contributed by atoms with Crippen molar-refractivity contribution >= 4 is 5.97 Å². The second-order valence-electron chi connectivity index (χ2n) is 4.25. The van der Waals surface area contributed by atoms with Crippen LogP contribution in [0.2, 0.25) is 0 Å². The Bertz CT molecular complexity index is 359. The van der Waals surface area contributed by atoms with Gasteiger partial charge in [0, 0.05) is 11.5 Å². The molecule has 1 aromatic rings. The zero-order chi connectivity index (χ0) is 10.9. The van der Waals surface area contributed by atoms with E-state index in [0.29, 0.717) is 0 Å². The van der Waals surface area contributed by atoms with E-state index in [-0.39, 0.29) is 5.92 Å². The van der Waals surface area contributed by atoms with Gasteiger partial charge in [-0.15, -0.1) is 0 Å². The topological polar surface area (TPSA) is 67.8 Å². The average molecular weight is 205 g/mol. The van der Waals surface area contributed by atoms with Gasteiger partial charge in [0.1, 0.15) is 5.97 Å². The van der Waals surface area contributed by atoms with E-state index in [1.165, 1.54) is 0 Å². The van der Waals surface area contributed by atoms with Crippen LogP contribution in [0.5, 0.6) is 0 Å². The monoisotopic (exact) mass is 205 g/mol. The number of carbonyl (C=O) groups excluding carboxylic acids is 1. The third kappa shape index (κ3) is 1.53. The summed E-state index contributed by atoms with van der Waals surface area (Å²) in [7, 11) is 0. The summed E-state index contributed by atoms with van der Waals surface area (Å²) in [6, 6.07) is 9.20. The zero-order valence-electron chi connectivity index (χ0n) is 8.61. The maximum Gasteiger partial charge on any atom is 0.163 e. The molecule has 1 fully saturated rings. The number of aliphatic carboxylic acids is 1. The molecule has 15 heavy (non-hydrogen) atoms. The summed E-state index contributed by atoms with van der Waals surface area (Å²) in [6.45, 7) is 0. The van der Waals surface area contributed by atoms with Crippen LogP contribution in [0.15, 0.2) is 30.3 Å². The van der Waals surface area contributed by atoms with Crippen molar-refractivity contribution in [1.29, 1.82) is 0 Å². The van der Waals surface area contributed by atoms with Crippen LogP contribution in [0, 0.1) is 5.92 Å². The number of hydrogen-bond donors (Lipinski definition) is 1. The van der Waals surface area contributed by atoms with Gasteiger partial charge in [-0.2, -0.15) is 0 Å². The summed E-state index contributed by atoms with van der Waals surface area (Å²) in [5.41, 5.74) is 3.60. The summed E-state index contributed by atoms with van der Waals surface area (Å²) >= 11 is 0. The highest BCUT2D eigenvalue weighted by atomic mass is 16.4. The van der Waals surface area contributed by atoms with Crippen molar-refractivity contribution in [3.8, 4) is 0 Å². The first-order valence-corrected chi connectivity index (χ1v) is 5.28. The number of carbonyl (C=O) groups is 1. The van der Waals surface area contributed by atoms with Gasteiger partial charge in [-0.1, -0.05) is 36.8 Å². The minimum Gasteiger partial charge on any atom is -0.543 e. The minimum atomic E-state index is -1.06. The lowest BCUT2D eigenvalue weighted by molar-refractivity contribution is -0.512. The van der Waals surface area contributed by atoms with Crippen LogP contribution in [0.1, 0.15) is 24.8 Å². The lowest BCUT2D eigenvalue weighted by atomic mass is 9.68. The van der Waals surface area contributed by atoms with E-state index in [4.69, 9.17) is 0 Å². The molecule has 0 spiro atoms. The highest BCUT2D eigenvalue weighted by molar-refractivity contribution is 5.77. The van der Waals surface area contributed by atoms with Crippen molar-refractivity contribution in [2.45, 2.75) is 24.8 Å². The molecular formula is C12H15NO2. The van der Waals surface area contributed by atoms with Crippen molar-refractivity contribution in [3.05, 3.63) is 35.9 Å². The molecule has 3 heteroatoms. The molecule has 0 unspecified atom stereocenters. The Hall–Kier alpha value is -1.35. The van der Waals surface area contributed by atoms with Crippen LogP contribution in [-0.2, 0) is 10.3 Å². The molecule has 0 radical (unpaired) electrons. The quantitative estimate of drug-likeness (QED) is 0.734. The first-order chi connectivity index (χ1) is 7.15. The molecule has 80 valence electrons. The number of quaternary nitrogens is 1. The van der Waals surface area contributed by atoms with Gasteiger partial charge in [-0.05, 0) is 12.8 Å². The minimum absolute atomic E-state index is 0.130. The fourth-order valence-electron chi connectivity index (χ4n) is 2.16. The van der Waals surface area contributed by atoms with Gasteiger partial charge in [0.25, 0.3) is 0 Å². The molecule has 3 nitrogen and oxygen atoms in total. The fourth-order valence-corrected chi connectivity index (χ4v) is 2.16. The second-order valence-corrected chi connectivity index (χ2v) is 4.25. The molecule has 2 rings (SSSR count). The third-order valence-corrected chi connectivity index (χ3v) is 3.46. The number of carboxylic acids is 1. The molecule has 1 saturated carbocycles. The number of rotatable bonds is 3. The van der Waals surface area contributed by atoms with Gasteiger partial charge in [0.15, 0.2) is 5.54 Å². The Labute approximate surface area is 88.9 Å². The molecule has 1 aromatic carbocycles. The molecule has 0 bridgehead atoms. The molecule has 1 atom stereocenters. The lowest BCUT2D eigenvalue weighted by Crippen LogP contribution is -2.80. The highest BCUT2D eigenvalue weighted by Gasteiger charge is 2.45. The van der Waals surface area contributed by atoms with E-state index in [0.717, 1.165) is 24.8 Å². The first-order valence-electron chi connectivity index (χ1n) is 5.28. The molecular weight excluding hydrogens is 190 g/mol. The molecule has 0 aliphatic heterocycles. The Morgan fingerprint density at radius 3 is 2.33 bits per heavy atom. The van der Waals surface area contributed by atoms with E-state index in [9.17, 15) is 9.90 Å². The molecule has 1 aliphatic carbocycles. The normalized spacial score (nSPS) is 20.3. The van der Waals surface area contributed by atoms with Crippen LogP contribution >= 0.6 is 0 Å². The Morgan fingerprint density at radius 1 is 1.33 bits per heavy atom. The van der Waals surface area contributed by atoms with Gasteiger partial charge in [-0.25, -0.2) is 0 Å². The lowest BCUT2D eigenvalue weighted by Gasteiger charge is -2.40. The zero-order valence-corrected chi connectivity index (χ0v) is 8.61. The predicted octanol–water partition coefficient (Wildman–Crippen LogP) is -0.326. The van der Waals surface area contributed by atoms with Crippen molar-refractivity contribution < 1.29 is 15.6 Å². The summed E-state index contributed by atoms with van der Waals surface area (Å²) in [5.74, 6) is -0.928. The number of benzene rings is 1. The van der Waals surface area contributed by atoms with Gasteiger partial charge < -0.3 is 15.6 Å². The Kier molecular flexibility index (Phi) is 2.49. The Morgan fingerprint density at radius 2 is 1.93 bits per heavy atom. The van der Waals surface area contributed by atoms with Crippen molar-refractivity contribution in [3.63, 3.8) is 0 Å². The fraction of sp³-hybridized carbons (Fsp3) is 0.417. The van der Waals surface area contributed by atoms with Gasteiger partial charge >= 0.3 is 0 Å². The standard InChI is InChI=1S/C12H15NO2/c13-12(11(14)15,10-7-4-8-10)9-5-2-1-3-6-9/h1-3,5-6,10H,4,7-8,13H2,(H,14,15)/t12-/m0/s1. The van der Waals surface area contributed by atoms with Crippen molar-refractivity contribution in [2.75, 3.05) is 0 Å². The van der Waals surface area contributed by atoms with Crippen molar-refractivity contribution in [2.24, 2.45) is 5.92 Å². The average Bonchev–Trinajstić information content (AvgIpc) is 2.16. The van der Waals surface area contributed by atoms with Crippen molar-refractivity contribution in [1.82, 2.24) is 0 Å². The van der Waals surface area contributed by atoms with Gasteiger partial charge in [0.2, 0.25) is 0 Å². The molecule has 0 aromatic heterocycles. The largest absolute Gasteiger partial charge is 0.543 e. The smallest absolute Gasteiger partial charge is 0.163 e. The first kappa shape index (κ1) is 10.2. The summed E-state index contributed by atoms with van der Waals surface area (Å²) in [4.78, 5) is 11.3. The summed E-state index contributed by atoms with van der Waals surface area (Å²) in [5, 5.41) is 11.3. The summed E-state index contributed by atoms with van der Waals surface area (Å²) in [6.07, 6.45) is 2.97. The van der Waals surface area contributed by atoms with E-state index in [1.807, 2.05) is 30.3 Å². The Balaban J connectivity index is 2.38. The second kappa shape index (κ2) is 3.66. The maximum atomic E-state index is 11.3. The van der Waals surface area contributed by atoms with E-state index >= 15 is 0 Å². The van der Waals surface area contributed by atoms with E-state index in [2.05, 4.69) is 5.73 Å². The van der Waals surface area contributed by atoms with Gasteiger partial charge in [0.05, 0.1) is 0 Å². The molecule has 1 aliphatic rings. The molecule has 0 amide bonds. The molecule has 0 saturated heterocycles. The summed E-state index contributed by atoms with van der Waals surface area (Å²) < 4.78 is 0. The number of carboxylic acid groups (broad SMARTS) is 1. The van der Waals surface area contributed by atoms with Crippen LogP contribution in [0.3, 0.4) is 0 Å². The maximum absolute atomic E-state index is 11.3. The van der Waals surface area contributed by atoms with Crippen LogP contribution in [0.25, 0.3) is 0 Å². The molecule has 3 N–H and O–H groups in total. The number of hydrogen-bond acceptors (Lipinski definition) is 2. The predicted molar refractivity (Wildman–Crippen MR) is 53.4 cm³/mol.